The molecule has 1 aliphatic heterocycles. The average molecular weight is 271 g/mol. The summed E-state index contributed by atoms with van der Waals surface area (Å²) >= 11 is 0. The minimum atomic E-state index is -0.0245. The van der Waals surface area contributed by atoms with Gasteiger partial charge in [0.2, 0.25) is 0 Å². The number of likely N-dealkylation sites (tertiary alicyclic amines) is 1. The average Bonchev–Trinajstić information content (AvgIpc) is 2.39. The molecule has 1 rings (SSSR count). The first-order chi connectivity index (χ1) is 8.98. The van der Waals surface area contributed by atoms with Crippen LogP contribution >= 0.6 is 0 Å². The molecule has 0 N–H and O–H groups in total. The number of nitrogens with zero attached hydrogens (tertiary/aromatic N) is 1. The molecule has 0 atom stereocenters. The summed E-state index contributed by atoms with van der Waals surface area (Å²) in [6, 6.07) is 0. The summed E-state index contributed by atoms with van der Waals surface area (Å²) in [6.07, 6.45) is 2.85. The lowest BCUT2D eigenvalue weighted by Crippen LogP contribution is -2.39. The van der Waals surface area contributed by atoms with E-state index in [1.807, 2.05) is 6.92 Å². The van der Waals surface area contributed by atoms with Gasteiger partial charge in [-0.3, -0.25) is 4.79 Å². The first-order valence-electron chi connectivity index (χ1n) is 7.51. The van der Waals surface area contributed by atoms with Crippen LogP contribution in [0.3, 0.4) is 0 Å². The van der Waals surface area contributed by atoms with E-state index in [0.717, 1.165) is 45.5 Å². The SMILES string of the molecule is CCOC(=O)C1CCN(CCOC(C)(C)CC)CC1. The number of carbonyl (C=O) groups excluding carboxylic acids is 1. The molecule has 4 heteroatoms. The fraction of sp³-hybridized carbons (Fsp3) is 0.933. The van der Waals surface area contributed by atoms with Crippen LogP contribution in [-0.4, -0.2) is 49.3 Å². The molecule has 0 aromatic heterocycles. The van der Waals surface area contributed by atoms with Crippen molar-refractivity contribution in [3.05, 3.63) is 0 Å². The lowest BCUT2D eigenvalue weighted by molar-refractivity contribution is -0.149. The van der Waals surface area contributed by atoms with Crippen LogP contribution in [0, 0.1) is 5.92 Å². The number of rotatable bonds is 7. The summed E-state index contributed by atoms with van der Waals surface area (Å²) in [4.78, 5) is 14.0. The van der Waals surface area contributed by atoms with Gasteiger partial charge in [-0.25, -0.2) is 0 Å². The van der Waals surface area contributed by atoms with Gasteiger partial charge in [-0.05, 0) is 53.1 Å². The van der Waals surface area contributed by atoms with E-state index in [2.05, 4.69) is 25.7 Å². The van der Waals surface area contributed by atoms with Crippen molar-refractivity contribution < 1.29 is 14.3 Å². The highest BCUT2D eigenvalue weighted by molar-refractivity contribution is 5.72. The molecule has 0 aliphatic carbocycles. The van der Waals surface area contributed by atoms with Crippen molar-refractivity contribution in [2.24, 2.45) is 5.92 Å². The third kappa shape index (κ3) is 5.91. The first kappa shape index (κ1) is 16.4. The van der Waals surface area contributed by atoms with E-state index in [-0.39, 0.29) is 17.5 Å². The zero-order chi connectivity index (χ0) is 14.3. The van der Waals surface area contributed by atoms with Gasteiger partial charge < -0.3 is 14.4 Å². The maximum absolute atomic E-state index is 11.6. The fourth-order valence-electron chi connectivity index (χ4n) is 2.21. The summed E-state index contributed by atoms with van der Waals surface area (Å²) in [5.41, 5.74) is -0.0245. The van der Waals surface area contributed by atoms with Gasteiger partial charge in [0.05, 0.1) is 24.7 Å². The van der Waals surface area contributed by atoms with Crippen LogP contribution in [0.1, 0.15) is 47.0 Å². The van der Waals surface area contributed by atoms with Crippen molar-refractivity contribution in [2.75, 3.05) is 32.8 Å². The van der Waals surface area contributed by atoms with E-state index < -0.39 is 0 Å². The molecule has 0 unspecified atom stereocenters. The molecule has 4 nitrogen and oxygen atoms in total. The largest absolute Gasteiger partial charge is 0.466 e. The monoisotopic (exact) mass is 271 g/mol. The summed E-state index contributed by atoms with van der Waals surface area (Å²) in [5.74, 6) is 0.0784. The minimum Gasteiger partial charge on any atom is -0.466 e. The highest BCUT2D eigenvalue weighted by Crippen LogP contribution is 2.19. The first-order valence-corrected chi connectivity index (χ1v) is 7.51. The Labute approximate surface area is 117 Å². The number of piperidine rings is 1. The topological polar surface area (TPSA) is 38.8 Å². The molecule has 0 aromatic rings. The molecule has 0 spiro atoms. The minimum absolute atomic E-state index is 0.0227. The molecule has 1 saturated heterocycles. The van der Waals surface area contributed by atoms with Crippen LogP contribution in [0.4, 0.5) is 0 Å². The highest BCUT2D eigenvalue weighted by atomic mass is 16.5. The predicted molar refractivity (Wildman–Crippen MR) is 76.1 cm³/mol. The second-order valence-corrected chi connectivity index (χ2v) is 5.83. The van der Waals surface area contributed by atoms with Crippen LogP contribution < -0.4 is 0 Å². The Morgan fingerprint density at radius 3 is 2.42 bits per heavy atom. The summed E-state index contributed by atoms with van der Waals surface area (Å²) in [5, 5.41) is 0. The van der Waals surface area contributed by atoms with Crippen molar-refractivity contribution in [1.29, 1.82) is 0 Å². The summed E-state index contributed by atoms with van der Waals surface area (Å²) < 4.78 is 10.9. The number of ether oxygens (including phenoxy) is 2. The van der Waals surface area contributed by atoms with Gasteiger partial charge in [0.1, 0.15) is 0 Å². The molecule has 1 fully saturated rings. The molecule has 0 radical (unpaired) electrons. The van der Waals surface area contributed by atoms with Crippen molar-refractivity contribution in [1.82, 2.24) is 4.90 Å². The highest BCUT2D eigenvalue weighted by Gasteiger charge is 2.26. The molecule has 0 aromatic carbocycles. The van der Waals surface area contributed by atoms with Gasteiger partial charge >= 0.3 is 5.97 Å². The second kappa shape index (κ2) is 7.85. The number of esters is 1. The maximum atomic E-state index is 11.6. The van der Waals surface area contributed by atoms with Gasteiger partial charge in [-0.1, -0.05) is 6.92 Å². The zero-order valence-corrected chi connectivity index (χ0v) is 12.9. The molecular weight excluding hydrogens is 242 g/mol. The third-order valence-electron chi connectivity index (χ3n) is 3.96. The van der Waals surface area contributed by atoms with Crippen LogP contribution in [0.15, 0.2) is 0 Å². The van der Waals surface area contributed by atoms with E-state index in [1.54, 1.807) is 0 Å². The van der Waals surface area contributed by atoms with Crippen LogP contribution in [0.5, 0.6) is 0 Å². The van der Waals surface area contributed by atoms with Crippen molar-refractivity contribution in [3.8, 4) is 0 Å². The Kier molecular flexibility index (Phi) is 6.80. The standard InChI is InChI=1S/C15H29NO3/c1-5-15(3,4)19-12-11-16-9-7-13(8-10-16)14(17)18-6-2/h13H,5-12H2,1-4H3. The van der Waals surface area contributed by atoms with E-state index in [9.17, 15) is 4.79 Å². The molecule has 1 heterocycles. The Morgan fingerprint density at radius 1 is 1.26 bits per heavy atom. The lowest BCUT2D eigenvalue weighted by Gasteiger charge is -2.32. The molecule has 0 bridgehead atoms. The molecule has 0 amide bonds. The Bertz CT molecular complexity index is 271. The smallest absolute Gasteiger partial charge is 0.309 e. The normalized spacial score (nSPS) is 18.5. The van der Waals surface area contributed by atoms with Gasteiger partial charge in [-0.15, -0.1) is 0 Å². The van der Waals surface area contributed by atoms with Crippen molar-refractivity contribution in [3.63, 3.8) is 0 Å². The van der Waals surface area contributed by atoms with Crippen LogP contribution in [0.2, 0.25) is 0 Å². The van der Waals surface area contributed by atoms with E-state index in [1.165, 1.54) is 0 Å². The van der Waals surface area contributed by atoms with Crippen LogP contribution in [0.25, 0.3) is 0 Å². The number of hydrogen-bond acceptors (Lipinski definition) is 4. The molecular formula is C15H29NO3. The van der Waals surface area contributed by atoms with Crippen molar-refractivity contribution in [2.45, 2.75) is 52.6 Å². The maximum Gasteiger partial charge on any atom is 0.309 e. The quantitative estimate of drug-likeness (QED) is 0.667. The third-order valence-corrected chi connectivity index (χ3v) is 3.96. The number of carbonyl (C=O) groups is 1. The molecule has 0 saturated carbocycles. The summed E-state index contributed by atoms with van der Waals surface area (Å²) in [7, 11) is 0. The second-order valence-electron chi connectivity index (χ2n) is 5.83. The van der Waals surface area contributed by atoms with Gasteiger partial charge in [0.15, 0.2) is 0 Å². The van der Waals surface area contributed by atoms with Gasteiger partial charge in [-0.2, -0.15) is 0 Å². The van der Waals surface area contributed by atoms with Crippen molar-refractivity contribution >= 4 is 5.97 Å². The van der Waals surface area contributed by atoms with Gasteiger partial charge in [0, 0.05) is 6.54 Å². The van der Waals surface area contributed by atoms with Gasteiger partial charge in [0.25, 0.3) is 0 Å². The fourth-order valence-corrected chi connectivity index (χ4v) is 2.21. The summed E-state index contributed by atoms with van der Waals surface area (Å²) in [6.45, 7) is 12.4. The zero-order valence-electron chi connectivity index (χ0n) is 12.9. The predicted octanol–water partition coefficient (Wildman–Crippen LogP) is 2.47. The molecule has 19 heavy (non-hydrogen) atoms. The van der Waals surface area contributed by atoms with Crippen LogP contribution in [-0.2, 0) is 14.3 Å². The Hall–Kier alpha value is -0.610. The van der Waals surface area contributed by atoms with E-state index in [0.29, 0.717) is 6.61 Å². The molecule has 112 valence electrons. The van der Waals surface area contributed by atoms with E-state index in [4.69, 9.17) is 9.47 Å². The van der Waals surface area contributed by atoms with E-state index >= 15 is 0 Å². The lowest BCUT2D eigenvalue weighted by atomic mass is 9.97. The number of hydrogen-bond donors (Lipinski definition) is 0. The molecule has 1 aliphatic rings. The Morgan fingerprint density at radius 2 is 1.89 bits per heavy atom. The Balaban J connectivity index is 2.18.